The molecule has 49 heavy (non-hydrogen) atoms. The number of hydrogen-bond donors (Lipinski definition) is 10. The second-order valence-corrected chi connectivity index (χ2v) is 11.8. The van der Waals surface area contributed by atoms with Gasteiger partial charge in [-0.1, -0.05) is 12.1 Å². The van der Waals surface area contributed by atoms with Crippen LogP contribution in [0, 0.1) is 0 Å². The van der Waals surface area contributed by atoms with Gasteiger partial charge >= 0.3 is 23.9 Å². The Labute approximate surface area is 276 Å². The van der Waals surface area contributed by atoms with Gasteiger partial charge in [-0.2, -0.15) is 0 Å². The average molecular weight is 691 g/mol. The molecule has 0 radical (unpaired) electrons. The van der Waals surface area contributed by atoms with E-state index in [4.69, 9.17) is 14.2 Å². The molecule has 0 bridgehead atoms. The first-order valence-corrected chi connectivity index (χ1v) is 14.7. The molecule has 2 fully saturated rings. The molecule has 4 rings (SSSR count). The monoisotopic (exact) mass is 690 g/mol. The van der Waals surface area contributed by atoms with Gasteiger partial charge in [-0.25, -0.2) is 19.2 Å². The van der Waals surface area contributed by atoms with E-state index in [1.807, 2.05) is 0 Å². The van der Waals surface area contributed by atoms with Gasteiger partial charge in [0.1, 0.15) is 24.4 Å². The highest BCUT2D eigenvalue weighted by Crippen LogP contribution is 2.39. The molecule has 0 aliphatic heterocycles. The summed E-state index contributed by atoms with van der Waals surface area (Å²) in [6.07, 6.45) is -10.5. The fourth-order valence-corrected chi connectivity index (χ4v) is 5.44. The van der Waals surface area contributed by atoms with Crippen molar-refractivity contribution in [3.8, 4) is 23.0 Å². The van der Waals surface area contributed by atoms with Gasteiger partial charge in [-0.3, -0.25) is 0 Å². The summed E-state index contributed by atoms with van der Waals surface area (Å²) in [7, 11) is 0. The molecule has 2 aliphatic carbocycles. The predicted molar refractivity (Wildman–Crippen MR) is 161 cm³/mol. The number of phenols is 4. The Morgan fingerprint density at radius 1 is 0.653 bits per heavy atom. The maximum Gasteiger partial charge on any atom is 0.348 e. The number of carboxylic acids is 1. The first-order chi connectivity index (χ1) is 22.9. The summed E-state index contributed by atoms with van der Waals surface area (Å²) >= 11 is 0. The lowest BCUT2D eigenvalue weighted by Gasteiger charge is -2.44. The van der Waals surface area contributed by atoms with Crippen LogP contribution < -0.4 is 0 Å². The minimum absolute atomic E-state index is 0.246. The van der Waals surface area contributed by atoms with Crippen molar-refractivity contribution in [2.75, 3.05) is 0 Å². The van der Waals surface area contributed by atoms with E-state index < -0.39 is 120 Å². The molecule has 17 nitrogen and oxygen atoms in total. The Morgan fingerprint density at radius 3 is 1.55 bits per heavy atom. The van der Waals surface area contributed by atoms with Gasteiger partial charge < -0.3 is 65.3 Å². The standard InChI is InChI=1S/C32H34O17/c33-17-5-1-15(9-19(17)35)3-7-25(39)47-23-13-31(46,11-21(37)27(23)41)30(45)49-32(29(43)44)12-22(38)28(42)24(14-32)48-26(40)8-4-16-2-6-18(34)20(36)10-16/h1-10,21-24,27-28,33-38,41-42,46H,11-14H2,(H,43,44). The number of esters is 3. The summed E-state index contributed by atoms with van der Waals surface area (Å²) in [5, 5.41) is 101. The minimum atomic E-state index is -2.75. The molecule has 0 aromatic heterocycles. The van der Waals surface area contributed by atoms with Crippen molar-refractivity contribution in [2.45, 2.75) is 73.5 Å². The van der Waals surface area contributed by atoms with Gasteiger partial charge in [0.15, 0.2) is 28.6 Å². The number of aliphatic hydroxyl groups is 5. The average Bonchev–Trinajstić information content (AvgIpc) is 3.03. The van der Waals surface area contributed by atoms with E-state index in [0.29, 0.717) is 0 Å². The van der Waals surface area contributed by atoms with Crippen LogP contribution in [0.5, 0.6) is 23.0 Å². The number of ether oxygens (including phenoxy) is 3. The largest absolute Gasteiger partial charge is 0.504 e. The van der Waals surface area contributed by atoms with Crippen molar-refractivity contribution in [2.24, 2.45) is 0 Å². The van der Waals surface area contributed by atoms with E-state index in [0.717, 1.165) is 42.5 Å². The maximum atomic E-state index is 13.4. The zero-order valence-corrected chi connectivity index (χ0v) is 25.4. The minimum Gasteiger partial charge on any atom is -0.504 e. The van der Waals surface area contributed by atoms with Gasteiger partial charge in [-0.15, -0.1) is 0 Å². The molecule has 2 aromatic carbocycles. The number of aliphatic carboxylic acids is 1. The number of carbonyl (C=O) groups excluding carboxylic acids is 3. The molecule has 8 unspecified atom stereocenters. The molecular formula is C32H34O17. The topological polar surface area (TPSA) is 298 Å². The van der Waals surface area contributed by atoms with Crippen LogP contribution in [-0.2, 0) is 33.4 Å². The number of rotatable bonds is 9. The normalized spacial score (nSPS) is 30.1. The number of phenolic OH excluding ortho intramolecular Hbond substituents is 4. The molecule has 0 spiro atoms. The second-order valence-electron chi connectivity index (χ2n) is 11.8. The first-order valence-electron chi connectivity index (χ1n) is 14.7. The molecule has 2 aliphatic rings. The Balaban J connectivity index is 1.47. The molecule has 0 amide bonds. The number of carbonyl (C=O) groups is 4. The van der Waals surface area contributed by atoms with Crippen LogP contribution >= 0.6 is 0 Å². The zero-order valence-electron chi connectivity index (χ0n) is 25.4. The molecule has 0 saturated heterocycles. The van der Waals surface area contributed by atoms with Gasteiger partial charge in [0.05, 0.1) is 12.2 Å². The molecule has 2 saturated carbocycles. The fraction of sp³-hybridized carbons (Fsp3) is 0.375. The van der Waals surface area contributed by atoms with Crippen molar-refractivity contribution in [3.05, 3.63) is 59.7 Å². The van der Waals surface area contributed by atoms with Crippen LogP contribution in [-0.4, -0.2) is 123 Å². The van der Waals surface area contributed by atoms with Gasteiger partial charge in [-0.05, 0) is 47.5 Å². The number of hydrogen-bond acceptors (Lipinski definition) is 16. The lowest BCUT2D eigenvalue weighted by Crippen LogP contribution is -2.62. The van der Waals surface area contributed by atoms with Crippen LogP contribution in [0.15, 0.2) is 48.6 Å². The first kappa shape index (κ1) is 36.6. The lowest BCUT2D eigenvalue weighted by atomic mass is 9.77. The molecule has 0 heterocycles. The number of aromatic hydroxyl groups is 4. The Kier molecular flexibility index (Phi) is 10.8. The van der Waals surface area contributed by atoms with Gasteiger partial charge in [0.2, 0.25) is 5.60 Å². The van der Waals surface area contributed by atoms with Gasteiger partial charge in [0, 0.05) is 37.8 Å². The highest BCUT2D eigenvalue weighted by Gasteiger charge is 2.58. The van der Waals surface area contributed by atoms with E-state index in [1.54, 1.807) is 0 Å². The highest BCUT2D eigenvalue weighted by atomic mass is 16.6. The van der Waals surface area contributed by atoms with E-state index in [2.05, 4.69) is 0 Å². The zero-order chi connectivity index (χ0) is 36.3. The molecular weight excluding hydrogens is 656 g/mol. The third-order valence-corrected chi connectivity index (χ3v) is 8.12. The van der Waals surface area contributed by atoms with Crippen molar-refractivity contribution in [1.82, 2.24) is 0 Å². The van der Waals surface area contributed by atoms with Crippen LogP contribution in [0.2, 0.25) is 0 Å². The molecule has 2 aromatic rings. The second kappa shape index (κ2) is 14.5. The molecule has 264 valence electrons. The Hall–Kier alpha value is -5.20. The van der Waals surface area contributed by atoms with Crippen molar-refractivity contribution in [1.29, 1.82) is 0 Å². The summed E-state index contributed by atoms with van der Waals surface area (Å²) in [6.45, 7) is 0. The third-order valence-electron chi connectivity index (χ3n) is 8.12. The van der Waals surface area contributed by atoms with Crippen molar-refractivity contribution < 1.29 is 84.5 Å². The number of aliphatic hydroxyl groups excluding tert-OH is 4. The van der Waals surface area contributed by atoms with Crippen LogP contribution in [0.3, 0.4) is 0 Å². The predicted octanol–water partition coefficient (Wildman–Crippen LogP) is -0.812. The number of benzene rings is 2. The van der Waals surface area contributed by atoms with E-state index in [9.17, 15) is 70.2 Å². The smallest absolute Gasteiger partial charge is 0.348 e. The lowest BCUT2D eigenvalue weighted by molar-refractivity contribution is -0.228. The Bertz CT molecular complexity index is 1650. The van der Waals surface area contributed by atoms with E-state index in [-0.39, 0.29) is 11.1 Å². The number of carboxylic acid groups (broad SMARTS) is 1. The fourth-order valence-electron chi connectivity index (χ4n) is 5.44. The quantitative estimate of drug-likeness (QED) is 0.0666. The van der Waals surface area contributed by atoms with Crippen LogP contribution in [0.1, 0.15) is 36.8 Å². The van der Waals surface area contributed by atoms with E-state index in [1.165, 1.54) is 18.2 Å². The van der Waals surface area contributed by atoms with Crippen LogP contribution in [0.25, 0.3) is 12.2 Å². The SMILES string of the molecule is O=C(C=Cc1ccc(O)c(O)c1)OC1CC(O)(C(=O)OC2(C(=O)O)CC(O)C(O)C(OC(=O)C=Cc3ccc(O)c(O)c3)C2)CC(O)C1O. The summed E-state index contributed by atoms with van der Waals surface area (Å²) in [5.74, 6) is -7.54. The highest BCUT2D eigenvalue weighted by molar-refractivity contribution is 5.89. The molecule has 17 heteroatoms. The summed E-state index contributed by atoms with van der Waals surface area (Å²) in [4.78, 5) is 50.8. The molecule has 8 atom stereocenters. The Morgan fingerprint density at radius 2 is 1.10 bits per heavy atom. The summed E-state index contributed by atoms with van der Waals surface area (Å²) in [5.41, 5.74) is -4.93. The van der Waals surface area contributed by atoms with Crippen LogP contribution in [0.4, 0.5) is 0 Å². The third kappa shape index (κ3) is 8.45. The van der Waals surface area contributed by atoms with Gasteiger partial charge in [0.25, 0.3) is 0 Å². The van der Waals surface area contributed by atoms with Crippen molar-refractivity contribution in [3.63, 3.8) is 0 Å². The van der Waals surface area contributed by atoms with Crippen molar-refractivity contribution >= 4 is 36.0 Å². The summed E-state index contributed by atoms with van der Waals surface area (Å²) in [6, 6.07) is 7.22. The maximum absolute atomic E-state index is 13.4. The summed E-state index contributed by atoms with van der Waals surface area (Å²) < 4.78 is 15.5. The molecule has 10 N–H and O–H groups in total. The van der Waals surface area contributed by atoms with E-state index >= 15 is 0 Å².